The van der Waals surface area contributed by atoms with E-state index in [0.717, 1.165) is 5.56 Å². The van der Waals surface area contributed by atoms with Gasteiger partial charge in [-0.2, -0.15) is 0 Å². The number of carbonyl (C=O) groups excluding carboxylic acids is 1. The first kappa shape index (κ1) is 15.4. The van der Waals surface area contributed by atoms with Crippen LogP contribution >= 0.6 is 0 Å². The van der Waals surface area contributed by atoms with Crippen LogP contribution in [0.25, 0.3) is 0 Å². The van der Waals surface area contributed by atoms with E-state index in [4.69, 9.17) is 4.74 Å². The molecule has 0 radical (unpaired) electrons. The van der Waals surface area contributed by atoms with E-state index in [0.29, 0.717) is 24.3 Å². The molecule has 0 aliphatic heterocycles. The van der Waals surface area contributed by atoms with Gasteiger partial charge in [-0.1, -0.05) is 6.07 Å². The minimum atomic E-state index is -0.300. The van der Waals surface area contributed by atoms with Crippen molar-refractivity contribution in [3.05, 3.63) is 48.2 Å². The average molecular weight is 314 g/mol. The van der Waals surface area contributed by atoms with E-state index in [1.54, 1.807) is 19.4 Å². The molecule has 0 spiro atoms. The van der Waals surface area contributed by atoms with Crippen molar-refractivity contribution in [2.75, 3.05) is 7.11 Å². The van der Waals surface area contributed by atoms with Crippen molar-refractivity contribution in [2.45, 2.75) is 25.0 Å². The van der Waals surface area contributed by atoms with Crippen LogP contribution in [0.2, 0.25) is 0 Å². The molecule has 1 amide bonds. The molecule has 2 N–H and O–H groups in total. The second kappa shape index (κ2) is 6.70. The summed E-state index contributed by atoms with van der Waals surface area (Å²) < 4.78 is 5.06. The monoisotopic (exact) mass is 314 g/mol. The molecule has 1 saturated carbocycles. The molecule has 1 atom stereocenters. The van der Waals surface area contributed by atoms with Gasteiger partial charge in [-0.15, -0.1) is 0 Å². The van der Waals surface area contributed by atoms with Gasteiger partial charge in [0, 0.05) is 24.7 Å². The minimum Gasteiger partial charge on any atom is -0.481 e. The van der Waals surface area contributed by atoms with Gasteiger partial charge in [-0.25, -0.2) is 15.0 Å². The summed E-state index contributed by atoms with van der Waals surface area (Å²) >= 11 is 0. The van der Waals surface area contributed by atoms with Crippen LogP contribution in [0.1, 0.15) is 34.8 Å². The maximum absolute atomic E-state index is 12.4. The summed E-state index contributed by atoms with van der Waals surface area (Å²) in [4.78, 5) is 24.3. The SMILES string of the molecule is COc1ccc(C(NC(=O)c2cncnc2)C2CC(O)C2)cn1. The van der Waals surface area contributed by atoms with E-state index in [9.17, 15) is 9.90 Å². The topological polar surface area (TPSA) is 97.2 Å². The number of rotatable bonds is 5. The Morgan fingerprint density at radius 3 is 2.61 bits per heavy atom. The molecule has 1 aliphatic rings. The Hall–Kier alpha value is -2.54. The molecule has 7 heteroatoms. The van der Waals surface area contributed by atoms with Crippen LogP contribution in [0, 0.1) is 5.92 Å². The Labute approximate surface area is 133 Å². The van der Waals surface area contributed by atoms with Crippen molar-refractivity contribution >= 4 is 5.91 Å². The zero-order valence-corrected chi connectivity index (χ0v) is 12.7. The highest BCUT2D eigenvalue weighted by atomic mass is 16.5. The number of aliphatic hydroxyl groups excluding tert-OH is 1. The second-order valence-electron chi connectivity index (χ2n) is 5.60. The van der Waals surface area contributed by atoms with Crippen molar-refractivity contribution in [2.24, 2.45) is 5.92 Å². The second-order valence-corrected chi connectivity index (χ2v) is 5.60. The number of aromatic nitrogens is 3. The molecule has 1 unspecified atom stereocenters. The fraction of sp³-hybridized carbons (Fsp3) is 0.375. The molecule has 1 fully saturated rings. The molecule has 7 nitrogen and oxygen atoms in total. The fourth-order valence-corrected chi connectivity index (χ4v) is 2.71. The molecule has 1 aliphatic carbocycles. The van der Waals surface area contributed by atoms with E-state index in [1.165, 1.54) is 18.7 Å². The van der Waals surface area contributed by atoms with Crippen molar-refractivity contribution in [3.63, 3.8) is 0 Å². The van der Waals surface area contributed by atoms with Gasteiger partial charge in [0.05, 0.1) is 24.8 Å². The van der Waals surface area contributed by atoms with E-state index in [1.807, 2.05) is 6.07 Å². The lowest BCUT2D eigenvalue weighted by molar-refractivity contribution is 0.0234. The molecular formula is C16H18N4O3. The molecule has 2 heterocycles. The molecule has 120 valence electrons. The van der Waals surface area contributed by atoms with Gasteiger partial charge in [0.15, 0.2) is 0 Å². The first-order valence-electron chi connectivity index (χ1n) is 7.41. The third-order valence-corrected chi connectivity index (χ3v) is 4.06. The molecule has 0 bridgehead atoms. The maximum atomic E-state index is 12.4. The van der Waals surface area contributed by atoms with Gasteiger partial charge in [0.2, 0.25) is 5.88 Å². The van der Waals surface area contributed by atoms with Gasteiger partial charge in [0.25, 0.3) is 5.91 Å². The van der Waals surface area contributed by atoms with Gasteiger partial charge in [0.1, 0.15) is 6.33 Å². The number of nitrogens with one attached hydrogen (secondary N) is 1. The number of carbonyl (C=O) groups is 1. The molecule has 2 aromatic heterocycles. The summed E-state index contributed by atoms with van der Waals surface area (Å²) in [6, 6.07) is 3.42. The lowest BCUT2D eigenvalue weighted by atomic mass is 9.75. The van der Waals surface area contributed by atoms with Crippen LogP contribution in [0.15, 0.2) is 37.1 Å². The number of hydrogen-bond acceptors (Lipinski definition) is 6. The summed E-state index contributed by atoms with van der Waals surface area (Å²) in [5.74, 6) is 0.450. The van der Waals surface area contributed by atoms with Crippen molar-refractivity contribution in [1.82, 2.24) is 20.3 Å². The van der Waals surface area contributed by atoms with Gasteiger partial charge < -0.3 is 15.2 Å². The average Bonchev–Trinajstić information content (AvgIpc) is 2.58. The molecule has 2 aromatic rings. The van der Waals surface area contributed by atoms with Crippen LogP contribution in [-0.4, -0.2) is 39.2 Å². The number of methoxy groups -OCH3 is 1. The standard InChI is InChI=1S/C16H18N4O3/c1-23-14-3-2-10(8-19-14)15(11-4-13(21)5-11)20-16(22)12-6-17-9-18-7-12/h2-3,6-9,11,13,15,21H,4-5H2,1H3,(H,20,22). The van der Waals surface area contributed by atoms with Crippen LogP contribution < -0.4 is 10.1 Å². The summed E-state index contributed by atoms with van der Waals surface area (Å²) in [6.07, 6.45) is 7.03. The summed E-state index contributed by atoms with van der Waals surface area (Å²) in [7, 11) is 1.55. The lowest BCUT2D eigenvalue weighted by Gasteiger charge is -2.38. The summed E-state index contributed by atoms with van der Waals surface area (Å²) in [5.41, 5.74) is 1.28. The van der Waals surface area contributed by atoms with Crippen molar-refractivity contribution in [3.8, 4) is 5.88 Å². The highest BCUT2D eigenvalue weighted by Crippen LogP contribution is 2.38. The Morgan fingerprint density at radius 1 is 1.30 bits per heavy atom. The van der Waals surface area contributed by atoms with E-state index in [2.05, 4.69) is 20.3 Å². The number of hydrogen-bond donors (Lipinski definition) is 2. The number of aliphatic hydroxyl groups is 1. The summed E-state index contributed by atoms with van der Waals surface area (Å²) in [5, 5.41) is 12.6. The highest BCUT2D eigenvalue weighted by Gasteiger charge is 2.36. The van der Waals surface area contributed by atoms with Crippen LogP contribution in [0.3, 0.4) is 0 Å². The van der Waals surface area contributed by atoms with E-state index in [-0.39, 0.29) is 24.0 Å². The fourth-order valence-electron chi connectivity index (χ4n) is 2.71. The number of pyridine rings is 1. The third-order valence-electron chi connectivity index (χ3n) is 4.06. The Morgan fingerprint density at radius 2 is 2.04 bits per heavy atom. The van der Waals surface area contributed by atoms with Gasteiger partial charge >= 0.3 is 0 Å². The molecule has 3 rings (SSSR count). The Bertz CT molecular complexity index is 657. The van der Waals surface area contributed by atoms with Crippen molar-refractivity contribution in [1.29, 1.82) is 0 Å². The lowest BCUT2D eigenvalue weighted by Crippen LogP contribution is -2.41. The Balaban J connectivity index is 1.79. The predicted molar refractivity (Wildman–Crippen MR) is 81.8 cm³/mol. The minimum absolute atomic E-state index is 0.175. The normalized spacial score (nSPS) is 21.1. The van der Waals surface area contributed by atoms with Crippen LogP contribution in [0.5, 0.6) is 5.88 Å². The first-order chi connectivity index (χ1) is 11.2. The number of amides is 1. The number of nitrogens with zero attached hydrogens (tertiary/aromatic N) is 3. The molecule has 23 heavy (non-hydrogen) atoms. The zero-order valence-electron chi connectivity index (χ0n) is 12.7. The zero-order chi connectivity index (χ0) is 16.2. The van der Waals surface area contributed by atoms with Gasteiger partial charge in [-0.05, 0) is 24.3 Å². The molecular weight excluding hydrogens is 296 g/mol. The van der Waals surface area contributed by atoms with Gasteiger partial charge in [-0.3, -0.25) is 4.79 Å². The smallest absolute Gasteiger partial charge is 0.254 e. The van der Waals surface area contributed by atoms with Crippen molar-refractivity contribution < 1.29 is 14.6 Å². The first-order valence-corrected chi connectivity index (χ1v) is 7.41. The van der Waals surface area contributed by atoms with Crippen LogP contribution in [-0.2, 0) is 0 Å². The van der Waals surface area contributed by atoms with Crippen LogP contribution in [0.4, 0.5) is 0 Å². The number of ether oxygens (including phenoxy) is 1. The quantitative estimate of drug-likeness (QED) is 0.858. The highest BCUT2D eigenvalue weighted by molar-refractivity contribution is 5.93. The van der Waals surface area contributed by atoms with E-state index < -0.39 is 0 Å². The molecule has 0 saturated heterocycles. The maximum Gasteiger partial charge on any atom is 0.254 e. The third kappa shape index (κ3) is 3.45. The molecule has 0 aromatic carbocycles. The van der Waals surface area contributed by atoms with E-state index >= 15 is 0 Å². The Kier molecular flexibility index (Phi) is 4.47. The predicted octanol–water partition coefficient (Wildman–Crippen LogP) is 1.12. The largest absolute Gasteiger partial charge is 0.481 e. The summed E-state index contributed by atoms with van der Waals surface area (Å²) in [6.45, 7) is 0.